The van der Waals surface area contributed by atoms with Crippen LogP contribution in [0, 0.1) is 14.9 Å². The molecule has 1 saturated carbocycles. The Bertz CT molecular complexity index is 361. The van der Waals surface area contributed by atoms with Crippen LogP contribution < -0.4 is 0 Å². The quantitative estimate of drug-likeness (QED) is 0.726. The van der Waals surface area contributed by atoms with Gasteiger partial charge in [0.25, 0.3) is 0 Å². The molecule has 0 unspecified atom stereocenters. The van der Waals surface area contributed by atoms with Crippen molar-refractivity contribution in [3.63, 3.8) is 0 Å². The number of nitriles is 1. The van der Waals surface area contributed by atoms with Crippen LogP contribution in [0.5, 0.6) is 0 Å². The summed E-state index contributed by atoms with van der Waals surface area (Å²) in [5.74, 6) is 0. The highest BCUT2D eigenvalue weighted by atomic mass is 127. The van der Waals surface area contributed by atoms with Gasteiger partial charge in [0.2, 0.25) is 0 Å². The first-order valence-corrected chi connectivity index (χ1v) is 5.53. The van der Waals surface area contributed by atoms with E-state index in [0.717, 1.165) is 12.8 Å². The van der Waals surface area contributed by atoms with Crippen molar-refractivity contribution < 1.29 is 0 Å². The van der Waals surface area contributed by atoms with Crippen LogP contribution in [0.25, 0.3) is 0 Å². The second-order valence-electron chi connectivity index (χ2n) is 3.53. The Morgan fingerprint density at radius 3 is 2.46 bits per heavy atom. The predicted molar refractivity (Wildman–Crippen MR) is 60.3 cm³/mol. The van der Waals surface area contributed by atoms with Gasteiger partial charge in [-0.25, -0.2) is 0 Å². The zero-order valence-corrected chi connectivity index (χ0v) is 9.41. The van der Waals surface area contributed by atoms with Crippen LogP contribution in [-0.2, 0) is 5.41 Å². The molecule has 0 N–H and O–H groups in total. The lowest BCUT2D eigenvalue weighted by Gasteiger charge is -2.36. The lowest BCUT2D eigenvalue weighted by molar-refractivity contribution is 0.322. The SMILES string of the molecule is N#CC1(c2ccccc2I)CCC1. The maximum Gasteiger partial charge on any atom is 0.0832 e. The minimum absolute atomic E-state index is 0.155. The topological polar surface area (TPSA) is 23.8 Å². The van der Waals surface area contributed by atoms with Crippen LogP contribution in [0.3, 0.4) is 0 Å². The molecule has 1 aromatic carbocycles. The molecule has 1 nitrogen and oxygen atoms in total. The first-order chi connectivity index (χ1) is 6.28. The molecule has 0 atom stereocenters. The number of halogens is 1. The van der Waals surface area contributed by atoms with Crippen LogP contribution in [0.2, 0.25) is 0 Å². The maximum atomic E-state index is 9.16. The molecule has 0 aromatic heterocycles. The van der Waals surface area contributed by atoms with Crippen molar-refractivity contribution in [1.29, 1.82) is 5.26 Å². The van der Waals surface area contributed by atoms with E-state index in [1.807, 2.05) is 12.1 Å². The molecule has 1 aliphatic rings. The number of benzene rings is 1. The van der Waals surface area contributed by atoms with Gasteiger partial charge in [-0.15, -0.1) is 0 Å². The number of hydrogen-bond acceptors (Lipinski definition) is 1. The Labute approximate surface area is 91.9 Å². The van der Waals surface area contributed by atoms with Gasteiger partial charge < -0.3 is 0 Å². The van der Waals surface area contributed by atoms with E-state index in [4.69, 9.17) is 5.26 Å². The normalized spacial score (nSPS) is 18.8. The summed E-state index contributed by atoms with van der Waals surface area (Å²) in [5.41, 5.74) is 1.07. The monoisotopic (exact) mass is 283 g/mol. The lowest BCUT2D eigenvalue weighted by Crippen LogP contribution is -2.33. The van der Waals surface area contributed by atoms with E-state index in [2.05, 4.69) is 40.8 Å². The van der Waals surface area contributed by atoms with E-state index in [-0.39, 0.29) is 5.41 Å². The Kier molecular flexibility index (Phi) is 2.29. The minimum atomic E-state index is -0.155. The van der Waals surface area contributed by atoms with E-state index < -0.39 is 0 Å². The number of nitrogens with zero attached hydrogens (tertiary/aromatic N) is 1. The Balaban J connectivity index is 2.46. The van der Waals surface area contributed by atoms with Gasteiger partial charge in [0.1, 0.15) is 0 Å². The second-order valence-corrected chi connectivity index (χ2v) is 4.69. The summed E-state index contributed by atoms with van der Waals surface area (Å²) < 4.78 is 1.22. The fourth-order valence-corrected chi connectivity index (χ4v) is 2.72. The molecular weight excluding hydrogens is 273 g/mol. The zero-order chi connectivity index (χ0) is 9.31. The third-order valence-corrected chi connectivity index (χ3v) is 3.75. The molecule has 2 rings (SSSR count). The molecule has 13 heavy (non-hydrogen) atoms. The van der Waals surface area contributed by atoms with Crippen LogP contribution in [0.1, 0.15) is 24.8 Å². The molecule has 2 heteroatoms. The highest BCUT2D eigenvalue weighted by molar-refractivity contribution is 14.1. The summed E-state index contributed by atoms with van der Waals surface area (Å²) in [6, 6.07) is 10.7. The lowest BCUT2D eigenvalue weighted by atomic mass is 9.66. The van der Waals surface area contributed by atoms with Crippen molar-refractivity contribution in [1.82, 2.24) is 0 Å². The average Bonchev–Trinajstić information content (AvgIpc) is 2.07. The van der Waals surface area contributed by atoms with E-state index in [9.17, 15) is 0 Å². The molecule has 0 aliphatic heterocycles. The largest absolute Gasteiger partial charge is 0.197 e. The van der Waals surface area contributed by atoms with E-state index in [1.54, 1.807) is 0 Å². The first-order valence-electron chi connectivity index (χ1n) is 4.45. The summed E-state index contributed by atoms with van der Waals surface area (Å²) in [7, 11) is 0. The molecule has 0 heterocycles. The van der Waals surface area contributed by atoms with Gasteiger partial charge in [0, 0.05) is 3.57 Å². The zero-order valence-electron chi connectivity index (χ0n) is 7.26. The van der Waals surface area contributed by atoms with Crippen LogP contribution in [0.4, 0.5) is 0 Å². The van der Waals surface area contributed by atoms with Gasteiger partial charge in [0.05, 0.1) is 11.5 Å². The van der Waals surface area contributed by atoms with Crippen LogP contribution in [0.15, 0.2) is 24.3 Å². The third-order valence-electron chi connectivity index (χ3n) is 2.81. The Morgan fingerprint density at radius 2 is 2.00 bits per heavy atom. The molecule has 1 aromatic rings. The van der Waals surface area contributed by atoms with E-state index >= 15 is 0 Å². The molecule has 66 valence electrons. The van der Waals surface area contributed by atoms with Gasteiger partial charge in [-0.2, -0.15) is 5.26 Å². The fraction of sp³-hybridized carbons (Fsp3) is 0.364. The number of hydrogen-bond donors (Lipinski definition) is 0. The smallest absolute Gasteiger partial charge is 0.0832 e. The first kappa shape index (κ1) is 9.01. The molecule has 1 fully saturated rings. The number of rotatable bonds is 1. The Hall–Kier alpha value is -0.560. The molecule has 0 bridgehead atoms. The third kappa shape index (κ3) is 1.35. The minimum Gasteiger partial charge on any atom is -0.197 e. The predicted octanol–water partition coefficient (Wildman–Crippen LogP) is 3.24. The van der Waals surface area contributed by atoms with Gasteiger partial charge in [-0.1, -0.05) is 18.2 Å². The molecule has 0 spiro atoms. The summed E-state index contributed by atoms with van der Waals surface area (Å²) in [6.07, 6.45) is 3.26. The van der Waals surface area contributed by atoms with Crippen LogP contribution in [-0.4, -0.2) is 0 Å². The molecule has 0 saturated heterocycles. The van der Waals surface area contributed by atoms with E-state index in [1.165, 1.54) is 15.6 Å². The summed E-state index contributed by atoms with van der Waals surface area (Å²) in [4.78, 5) is 0. The van der Waals surface area contributed by atoms with Gasteiger partial charge in [-0.3, -0.25) is 0 Å². The summed E-state index contributed by atoms with van der Waals surface area (Å²) >= 11 is 2.32. The fourth-order valence-electron chi connectivity index (χ4n) is 1.82. The average molecular weight is 283 g/mol. The van der Waals surface area contributed by atoms with Gasteiger partial charge in [0.15, 0.2) is 0 Å². The maximum absolute atomic E-state index is 9.16. The Morgan fingerprint density at radius 1 is 1.31 bits per heavy atom. The van der Waals surface area contributed by atoms with Gasteiger partial charge >= 0.3 is 0 Å². The van der Waals surface area contributed by atoms with Crippen molar-refractivity contribution >= 4 is 22.6 Å². The summed E-state index contributed by atoms with van der Waals surface area (Å²) in [5, 5.41) is 9.16. The van der Waals surface area contributed by atoms with Crippen molar-refractivity contribution in [2.24, 2.45) is 0 Å². The molecule has 1 aliphatic carbocycles. The second kappa shape index (κ2) is 3.30. The highest BCUT2D eigenvalue weighted by Crippen LogP contribution is 2.44. The standard InChI is InChI=1S/C11H10IN/c12-10-5-2-1-4-9(10)11(8-13)6-3-7-11/h1-2,4-5H,3,6-7H2. The molecule has 0 radical (unpaired) electrons. The van der Waals surface area contributed by atoms with Crippen molar-refractivity contribution in [2.45, 2.75) is 24.7 Å². The van der Waals surface area contributed by atoms with Gasteiger partial charge in [-0.05, 0) is 53.5 Å². The summed E-state index contributed by atoms with van der Waals surface area (Å²) in [6.45, 7) is 0. The molecule has 0 amide bonds. The van der Waals surface area contributed by atoms with E-state index in [0.29, 0.717) is 0 Å². The highest BCUT2D eigenvalue weighted by Gasteiger charge is 2.39. The van der Waals surface area contributed by atoms with Crippen molar-refractivity contribution in [2.75, 3.05) is 0 Å². The van der Waals surface area contributed by atoms with Crippen LogP contribution >= 0.6 is 22.6 Å². The van der Waals surface area contributed by atoms with Crippen molar-refractivity contribution in [3.8, 4) is 6.07 Å². The molecular formula is C11H10IN. The van der Waals surface area contributed by atoms with Crippen molar-refractivity contribution in [3.05, 3.63) is 33.4 Å².